The number of halogens is 1. The van der Waals surface area contributed by atoms with E-state index in [1.807, 2.05) is 6.92 Å². The molecule has 0 aliphatic carbocycles. The minimum absolute atomic E-state index is 0.168. The molecule has 2 rings (SSSR count). The van der Waals surface area contributed by atoms with Crippen LogP contribution < -0.4 is 0 Å². The highest BCUT2D eigenvalue weighted by Crippen LogP contribution is 2.09. The third-order valence-electron chi connectivity index (χ3n) is 2.30. The molecule has 94 valence electrons. The lowest BCUT2D eigenvalue weighted by Gasteiger charge is -2.14. The molecule has 18 heavy (non-hydrogen) atoms. The Hall–Kier alpha value is -1.76. The molecule has 2 aromatic rings. The fourth-order valence-corrected chi connectivity index (χ4v) is 1.81. The molecule has 0 radical (unpaired) electrons. The summed E-state index contributed by atoms with van der Waals surface area (Å²) in [5, 5.41) is 6.73. The summed E-state index contributed by atoms with van der Waals surface area (Å²) in [5.74, 6) is 1.14. The summed E-state index contributed by atoms with van der Waals surface area (Å²) in [6.07, 6.45) is 0. The van der Waals surface area contributed by atoms with E-state index in [4.69, 9.17) is 0 Å². The first-order chi connectivity index (χ1) is 8.56. The van der Waals surface area contributed by atoms with E-state index >= 15 is 0 Å². The van der Waals surface area contributed by atoms with E-state index in [2.05, 4.69) is 36.1 Å². The van der Waals surface area contributed by atoms with E-state index in [0.29, 0.717) is 22.7 Å². The van der Waals surface area contributed by atoms with Crippen LogP contribution in [0.2, 0.25) is 0 Å². The highest BCUT2D eigenvalue weighted by molar-refractivity contribution is 9.10. The third-order valence-corrected chi connectivity index (χ3v) is 2.74. The lowest BCUT2D eigenvalue weighted by molar-refractivity contribution is 0.0775. The highest BCUT2D eigenvalue weighted by atomic mass is 79.9. The minimum atomic E-state index is -0.168. The van der Waals surface area contributed by atoms with Crippen molar-refractivity contribution in [2.75, 3.05) is 7.05 Å². The summed E-state index contributed by atoms with van der Waals surface area (Å²) in [6, 6.07) is 5.22. The van der Waals surface area contributed by atoms with E-state index in [1.165, 1.54) is 4.90 Å². The third kappa shape index (κ3) is 2.92. The predicted molar refractivity (Wildman–Crippen MR) is 68.9 cm³/mol. The van der Waals surface area contributed by atoms with Crippen molar-refractivity contribution in [2.45, 2.75) is 13.5 Å². The van der Waals surface area contributed by atoms with Gasteiger partial charge in [-0.25, -0.2) is 9.97 Å². The first kappa shape index (κ1) is 12.7. The summed E-state index contributed by atoms with van der Waals surface area (Å²) in [5.41, 5.74) is 0.388. The topological polar surface area (TPSA) is 74.8 Å². The van der Waals surface area contributed by atoms with Gasteiger partial charge in [0.25, 0.3) is 5.91 Å². The smallest absolute Gasteiger partial charge is 0.272 e. The predicted octanol–water partition coefficient (Wildman–Crippen LogP) is 1.54. The van der Waals surface area contributed by atoms with E-state index in [9.17, 15) is 4.79 Å². The van der Waals surface area contributed by atoms with Crippen LogP contribution >= 0.6 is 15.9 Å². The van der Waals surface area contributed by atoms with Gasteiger partial charge in [0.2, 0.25) is 0 Å². The van der Waals surface area contributed by atoms with Crippen LogP contribution in [0.5, 0.6) is 0 Å². The fourth-order valence-electron chi connectivity index (χ4n) is 1.47. The van der Waals surface area contributed by atoms with Gasteiger partial charge in [0.05, 0.1) is 6.54 Å². The summed E-state index contributed by atoms with van der Waals surface area (Å²) in [7, 11) is 1.69. The Bertz CT molecular complexity index is 568. The second-order valence-corrected chi connectivity index (χ2v) is 4.66. The molecule has 0 fully saturated rings. The molecule has 0 bridgehead atoms. The molecule has 1 amide bonds. The number of amides is 1. The molecule has 0 saturated carbocycles. The minimum Gasteiger partial charge on any atom is -0.333 e. The number of aromatic amines is 1. The van der Waals surface area contributed by atoms with Gasteiger partial charge in [0.1, 0.15) is 16.1 Å². The van der Waals surface area contributed by atoms with Gasteiger partial charge in [0.15, 0.2) is 5.82 Å². The van der Waals surface area contributed by atoms with E-state index in [1.54, 1.807) is 25.2 Å². The number of hydrogen-bond acceptors (Lipinski definition) is 4. The molecule has 2 aromatic heterocycles. The number of rotatable bonds is 3. The van der Waals surface area contributed by atoms with Crippen molar-refractivity contribution in [1.29, 1.82) is 0 Å². The Kier molecular flexibility index (Phi) is 3.71. The molecule has 0 atom stereocenters. The van der Waals surface area contributed by atoms with Gasteiger partial charge < -0.3 is 4.90 Å². The van der Waals surface area contributed by atoms with Gasteiger partial charge in [-0.05, 0) is 35.0 Å². The normalized spacial score (nSPS) is 10.4. The van der Waals surface area contributed by atoms with Crippen molar-refractivity contribution in [3.05, 3.63) is 40.1 Å². The molecule has 2 heterocycles. The first-order valence-corrected chi connectivity index (χ1v) is 6.11. The van der Waals surface area contributed by atoms with Crippen LogP contribution in [0.4, 0.5) is 0 Å². The number of hydrogen-bond donors (Lipinski definition) is 1. The van der Waals surface area contributed by atoms with Gasteiger partial charge in [-0.1, -0.05) is 6.07 Å². The number of aryl methyl sites for hydroxylation is 1. The van der Waals surface area contributed by atoms with Crippen LogP contribution in [0.15, 0.2) is 22.8 Å². The second kappa shape index (κ2) is 5.26. The maximum absolute atomic E-state index is 12.1. The Labute approximate surface area is 113 Å². The zero-order valence-electron chi connectivity index (χ0n) is 10.0. The molecular weight excluding hydrogens is 298 g/mol. The van der Waals surface area contributed by atoms with Gasteiger partial charge in [0, 0.05) is 7.05 Å². The molecule has 7 heteroatoms. The molecule has 0 aromatic carbocycles. The zero-order valence-corrected chi connectivity index (χ0v) is 11.6. The lowest BCUT2D eigenvalue weighted by atomic mass is 10.3. The Morgan fingerprint density at radius 3 is 2.83 bits per heavy atom. The molecule has 6 nitrogen and oxygen atoms in total. The number of aromatic nitrogens is 4. The van der Waals surface area contributed by atoms with Crippen molar-refractivity contribution in [2.24, 2.45) is 0 Å². The highest BCUT2D eigenvalue weighted by Gasteiger charge is 2.15. The molecular formula is C11H12BrN5O. The summed E-state index contributed by atoms with van der Waals surface area (Å²) in [4.78, 5) is 21.9. The van der Waals surface area contributed by atoms with Gasteiger partial charge >= 0.3 is 0 Å². The van der Waals surface area contributed by atoms with Crippen LogP contribution in [0, 0.1) is 6.92 Å². The maximum atomic E-state index is 12.1. The molecule has 0 aliphatic rings. The van der Waals surface area contributed by atoms with Crippen molar-refractivity contribution in [3.8, 4) is 0 Å². The van der Waals surface area contributed by atoms with Gasteiger partial charge in [-0.2, -0.15) is 5.10 Å². The molecule has 0 aliphatic heterocycles. The molecule has 0 unspecified atom stereocenters. The average Bonchev–Trinajstić information content (AvgIpc) is 2.73. The SMILES string of the molecule is Cc1nc(CN(C)C(=O)c2cccc(Br)n2)n[nH]1. The Balaban J connectivity index is 2.09. The number of H-pyrrole nitrogens is 1. The summed E-state index contributed by atoms with van der Waals surface area (Å²) < 4.78 is 0.635. The van der Waals surface area contributed by atoms with Gasteiger partial charge in [-0.3, -0.25) is 9.89 Å². The van der Waals surface area contributed by atoms with Gasteiger partial charge in [-0.15, -0.1) is 0 Å². The quantitative estimate of drug-likeness (QED) is 0.873. The monoisotopic (exact) mass is 309 g/mol. The van der Waals surface area contributed by atoms with E-state index in [-0.39, 0.29) is 5.91 Å². The average molecular weight is 310 g/mol. The zero-order chi connectivity index (χ0) is 13.1. The van der Waals surface area contributed by atoms with Crippen LogP contribution in [0.1, 0.15) is 22.1 Å². The fraction of sp³-hybridized carbons (Fsp3) is 0.273. The van der Waals surface area contributed by atoms with Crippen molar-refractivity contribution in [3.63, 3.8) is 0 Å². The summed E-state index contributed by atoms with van der Waals surface area (Å²) >= 11 is 3.24. The number of nitrogens with one attached hydrogen (secondary N) is 1. The van der Waals surface area contributed by atoms with Crippen LogP contribution in [0.3, 0.4) is 0 Å². The van der Waals surface area contributed by atoms with E-state index in [0.717, 1.165) is 5.82 Å². The lowest BCUT2D eigenvalue weighted by Crippen LogP contribution is -2.27. The first-order valence-electron chi connectivity index (χ1n) is 5.32. The largest absolute Gasteiger partial charge is 0.333 e. The number of nitrogens with zero attached hydrogens (tertiary/aromatic N) is 4. The molecule has 0 spiro atoms. The van der Waals surface area contributed by atoms with E-state index < -0.39 is 0 Å². The molecule has 0 saturated heterocycles. The van der Waals surface area contributed by atoms with Crippen molar-refractivity contribution >= 4 is 21.8 Å². The van der Waals surface area contributed by atoms with Crippen LogP contribution in [-0.2, 0) is 6.54 Å². The maximum Gasteiger partial charge on any atom is 0.272 e. The van der Waals surface area contributed by atoms with Crippen molar-refractivity contribution < 1.29 is 4.79 Å². The van der Waals surface area contributed by atoms with Crippen molar-refractivity contribution in [1.82, 2.24) is 25.1 Å². The number of carbonyl (C=O) groups excluding carboxylic acids is 1. The number of pyridine rings is 1. The van der Waals surface area contributed by atoms with Crippen LogP contribution in [0.25, 0.3) is 0 Å². The molecule has 1 N–H and O–H groups in total. The Morgan fingerprint density at radius 2 is 2.22 bits per heavy atom. The Morgan fingerprint density at radius 1 is 1.44 bits per heavy atom. The standard InChI is InChI=1S/C11H12BrN5O/c1-7-13-10(16-15-7)6-17(2)11(18)8-4-3-5-9(12)14-8/h3-5H,6H2,1-2H3,(H,13,15,16). The second-order valence-electron chi connectivity index (χ2n) is 3.84. The number of carbonyl (C=O) groups is 1. The van der Waals surface area contributed by atoms with Crippen LogP contribution in [-0.4, -0.2) is 38.0 Å². The summed E-state index contributed by atoms with van der Waals surface area (Å²) in [6.45, 7) is 2.16.